The summed E-state index contributed by atoms with van der Waals surface area (Å²) in [5.41, 5.74) is 4.98. The zero-order valence-electron chi connectivity index (χ0n) is 11.1. The molecule has 0 saturated heterocycles. The lowest BCUT2D eigenvalue weighted by Gasteiger charge is -2.05. The molecule has 0 aliphatic rings. The van der Waals surface area contributed by atoms with Crippen LogP contribution in [-0.4, -0.2) is 8.07 Å². The van der Waals surface area contributed by atoms with Crippen LogP contribution in [0.15, 0.2) is 11.6 Å². The summed E-state index contributed by atoms with van der Waals surface area (Å²) < 4.78 is 0. The summed E-state index contributed by atoms with van der Waals surface area (Å²) in [6.07, 6.45) is 8.31. The molecule has 0 N–H and O–H groups in total. The highest BCUT2D eigenvalue weighted by atomic mass is 28.3. The van der Waals surface area contributed by atoms with Gasteiger partial charge in [0.05, 0.1) is 0 Å². The van der Waals surface area contributed by atoms with Crippen LogP contribution in [0.3, 0.4) is 0 Å². The summed E-state index contributed by atoms with van der Waals surface area (Å²) in [7, 11) is -1.17. The van der Waals surface area contributed by atoms with Crippen molar-refractivity contribution in [3.05, 3.63) is 11.6 Å². The first-order chi connectivity index (χ1) is 6.99. The zero-order chi connectivity index (χ0) is 11.7. The van der Waals surface area contributed by atoms with Gasteiger partial charge in [0.15, 0.2) is 0 Å². The van der Waals surface area contributed by atoms with E-state index in [1.807, 2.05) is 0 Å². The molecule has 0 rings (SSSR count). The Morgan fingerprint density at radius 1 is 1.13 bits per heavy atom. The standard InChI is InChI=1S/C14H26Si/c1-6-8-11-14(10-7-2)12-9-13-15(3,4)5/h11H,6-8,10,12H2,1-5H3/b14-11+. The van der Waals surface area contributed by atoms with E-state index in [1.54, 1.807) is 5.57 Å². The molecule has 0 unspecified atom stereocenters. The van der Waals surface area contributed by atoms with Crippen molar-refractivity contribution in [2.75, 3.05) is 0 Å². The van der Waals surface area contributed by atoms with Gasteiger partial charge in [-0.05, 0) is 12.8 Å². The van der Waals surface area contributed by atoms with Crippen molar-refractivity contribution in [1.82, 2.24) is 0 Å². The van der Waals surface area contributed by atoms with Crippen molar-refractivity contribution in [2.45, 2.75) is 65.6 Å². The van der Waals surface area contributed by atoms with E-state index in [0.717, 1.165) is 6.42 Å². The van der Waals surface area contributed by atoms with E-state index >= 15 is 0 Å². The van der Waals surface area contributed by atoms with Gasteiger partial charge in [-0.1, -0.05) is 58.0 Å². The van der Waals surface area contributed by atoms with Crippen LogP contribution in [-0.2, 0) is 0 Å². The second-order valence-corrected chi connectivity index (χ2v) is 9.88. The van der Waals surface area contributed by atoms with E-state index in [9.17, 15) is 0 Å². The molecule has 0 heterocycles. The first-order valence-electron chi connectivity index (χ1n) is 6.17. The number of rotatable bonds is 5. The molecule has 1 heteroatoms. The molecule has 0 atom stereocenters. The molecular formula is C14H26Si. The lowest BCUT2D eigenvalue weighted by molar-refractivity contribution is 0.858. The fraction of sp³-hybridized carbons (Fsp3) is 0.714. The molecule has 86 valence electrons. The number of hydrogen-bond acceptors (Lipinski definition) is 0. The minimum absolute atomic E-state index is 0.998. The van der Waals surface area contributed by atoms with Gasteiger partial charge in [-0.2, -0.15) is 0 Å². The van der Waals surface area contributed by atoms with Crippen LogP contribution in [0, 0.1) is 11.5 Å². The van der Waals surface area contributed by atoms with Crippen LogP contribution in [0.1, 0.15) is 46.0 Å². The van der Waals surface area contributed by atoms with Crippen LogP contribution in [0.2, 0.25) is 19.6 Å². The van der Waals surface area contributed by atoms with Gasteiger partial charge in [-0.15, -0.1) is 11.5 Å². The van der Waals surface area contributed by atoms with Crippen molar-refractivity contribution in [2.24, 2.45) is 0 Å². The fourth-order valence-electron chi connectivity index (χ4n) is 1.36. The zero-order valence-corrected chi connectivity index (χ0v) is 12.1. The molecule has 0 amide bonds. The van der Waals surface area contributed by atoms with Gasteiger partial charge in [0, 0.05) is 6.42 Å². The van der Waals surface area contributed by atoms with Crippen LogP contribution in [0.5, 0.6) is 0 Å². The summed E-state index contributed by atoms with van der Waals surface area (Å²) >= 11 is 0. The SMILES string of the molecule is CCC/C=C(/CC#C[Si](C)(C)C)CCC. The van der Waals surface area contributed by atoms with E-state index in [2.05, 4.69) is 51.0 Å². The maximum atomic E-state index is 3.44. The Labute approximate surface area is 97.2 Å². The average Bonchev–Trinajstić information content (AvgIpc) is 2.12. The van der Waals surface area contributed by atoms with Crippen molar-refractivity contribution >= 4 is 8.07 Å². The van der Waals surface area contributed by atoms with Gasteiger partial charge in [-0.3, -0.25) is 0 Å². The van der Waals surface area contributed by atoms with Crippen molar-refractivity contribution in [3.63, 3.8) is 0 Å². The van der Waals surface area contributed by atoms with Crippen LogP contribution >= 0.6 is 0 Å². The second-order valence-electron chi connectivity index (χ2n) is 5.13. The fourth-order valence-corrected chi connectivity index (χ4v) is 1.97. The lowest BCUT2D eigenvalue weighted by atomic mass is 10.1. The van der Waals surface area contributed by atoms with Crippen LogP contribution < -0.4 is 0 Å². The molecule has 0 fully saturated rings. The Balaban J connectivity index is 4.22. The molecule has 0 aromatic rings. The molecule has 0 nitrogen and oxygen atoms in total. The third kappa shape index (κ3) is 9.81. The summed E-state index contributed by atoms with van der Waals surface area (Å²) in [5, 5.41) is 0. The summed E-state index contributed by atoms with van der Waals surface area (Å²) in [5.74, 6) is 3.36. The Kier molecular flexibility index (Phi) is 7.51. The molecule has 0 bridgehead atoms. The minimum atomic E-state index is -1.17. The lowest BCUT2D eigenvalue weighted by Crippen LogP contribution is -2.16. The molecule has 0 aliphatic carbocycles. The Hall–Kier alpha value is -0.483. The molecule has 0 radical (unpaired) electrons. The number of unbranched alkanes of at least 4 members (excludes halogenated alkanes) is 1. The third-order valence-electron chi connectivity index (χ3n) is 2.07. The van der Waals surface area contributed by atoms with E-state index < -0.39 is 8.07 Å². The summed E-state index contributed by atoms with van der Waals surface area (Å²) in [4.78, 5) is 0. The highest BCUT2D eigenvalue weighted by Gasteiger charge is 2.07. The maximum absolute atomic E-state index is 3.44. The van der Waals surface area contributed by atoms with Gasteiger partial charge < -0.3 is 0 Å². The molecule has 0 aromatic carbocycles. The van der Waals surface area contributed by atoms with E-state index in [1.165, 1.54) is 25.7 Å². The predicted octanol–water partition coefficient (Wildman–Crippen LogP) is 4.78. The minimum Gasteiger partial charge on any atom is -0.132 e. The first kappa shape index (κ1) is 14.5. The maximum Gasteiger partial charge on any atom is 0.129 e. The molecule has 0 saturated carbocycles. The Morgan fingerprint density at radius 2 is 1.80 bits per heavy atom. The highest BCUT2D eigenvalue weighted by Crippen LogP contribution is 2.11. The van der Waals surface area contributed by atoms with Gasteiger partial charge >= 0.3 is 0 Å². The summed E-state index contributed by atoms with van der Waals surface area (Å²) in [6.45, 7) is 11.4. The highest BCUT2D eigenvalue weighted by molar-refractivity contribution is 6.83. The molecule has 15 heavy (non-hydrogen) atoms. The van der Waals surface area contributed by atoms with E-state index in [-0.39, 0.29) is 0 Å². The smallest absolute Gasteiger partial charge is 0.129 e. The molecule has 0 aliphatic heterocycles. The monoisotopic (exact) mass is 222 g/mol. The van der Waals surface area contributed by atoms with Crippen LogP contribution in [0.4, 0.5) is 0 Å². The van der Waals surface area contributed by atoms with E-state index in [0.29, 0.717) is 0 Å². The Bertz CT molecular complexity index is 245. The van der Waals surface area contributed by atoms with Crippen LogP contribution in [0.25, 0.3) is 0 Å². The summed E-state index contributed by atoms with van der Waals surface area (Å²) in [6, 6.07) is 0. The van der Waals surface area contributed by atoms with E-state index in [4.69, 9.17) is 0 Å². The first-order valence-corrected chi connectivity index (χ1v) is 9.67. The van der Waals surface area contributed by atoms with Gasteiger partial charge in [0.25, 0.3) is 0 Å². The van der Waals surface area contributed by atoms with Crippen molar-refractivity contribution in [1.29, 1.82) is 0 Å². The van der Waals surface area contributed by atoms with Gasteiger partial charge in [-0.25, -0.2) is 0 Å². The predicted molar refractivity (Wildman–Crippen MR) is 73.6 cm³/mol. The quantitative estimate of drug-likeness (QED) is 0.357. The largest absolute Gasteiger partial charge is 0.132 e. The van der Waals surface area contributed by atoms with Gasteiger partial charge in [0.1, 0.15) is 8.07 Å². The molecule has 0 spiro atoms. The second kappa shape index (κ2) is 7.76. The Morgan fingerprint density at radius 3 is 2.27 bits per heavy atom. The molecule has 0 aromatic heterocycles. The number of hydrogen-bond donors (Lipinski definition) is 0. The topological polar surface area (TPSA) is 0 Å². The molecular weight excluding hydrogens is 196 g/mol. The average molecular weight is 222 g/mol. The van der Waals surface area contributed by atoms with Gasteiger partial charge in [0.2, 0.25) is 0 Å². The third-order valence-corrected chi connectivity index (χ3v) is 3.00. The van der Waals surface area contributed by atoms with Crippen molar-refractivity contribution in [3.8, 4) is 11.5 Å². The van der Waals surface area contributed by atoms with Crippen molar-refractivity contribution < 1.29 is 0 Å². The normalized spacial score (nSPS) is 12.2. The number of allylic oxidation sites excluding steroid dienone is 2.